The Bertz CT molecular complexity index is 226. The van der Waals surface area contributed by atoms with E-state index < -0.39 is 11.2 Å². The molecule has 0 aliphatic rings. The molecule has 0 aromatic heterocycles. The first kappa shape index (κ1) is 13.0. The molecule has 2 N–H and O–H groups in total. The second kappa shape index (κ2) is 4.04. The zero-order valence-corrected chi connectivity index (χ0v) is 9.66. The second-order valence-corrected chi connectivity index (χ2v) is 4.63. The Kier molecular flexibility index (Phi) is 4.04. The van der Waals surface area contributed by atoms with E-state index in [0.29, 0.717) is 0 Å². The van der Waals surface area contributed by atoms with Crippen LogP contribution in [-0.4, -0.2) is 21.4 Å². The standard InChI is InChI=1S/C9H14Cl2O2/c1-8(2,12)6(10)5-7(11)9(3,4)13/h12-13H,1-4H3. The van der Waals surface area contributed by atoms with E-state index in [-0.39, 0.29) is 10.1 Å². The summed E-state index contributed by atoms with van der Waals surface area (Å²) >= 11 is 11.4. The van der Waals surface area contributed by atoms with E-state index in [9.17, 15) is 10.2 Å². The highest BCUT2D eigenvalue weighted by Gasteiger charge is 2.21. The summed E-state index contributed by atoms with van der Waals surface area (Å²) in [7, 11) is 0. The molecule has 0 rings (SSSR count). The molecule has 2 nitrogen and oxygen atoms in total. The molecular weight excluding hydrogens is 211 g/mol. The number of hydrogen-bond donors (Lipinski definition) is 2. The normalized spacial score (nSPS) is 12.3. The molecule has 0 unspecified atom stereocenters. The molecule has 0 fully saturated rings. The molecule has 0 aromatic carbocycles. The van der Waals surface area contributed by atoms with Crippen molar-refractivity contribution in [1.82, 2.24) is 0 Å². The molecule has 0 saturated carbocycles. The van der Waals surface area contributed by atoms with Crippen molar-refractivity contribution >= 4 is 23.2 Å². The largest absolute Gasteiger partial charge is 0.384 e. The van der Waals surface area contributed by atoms with Crippen LogP contribution in [0.1, 0.15) is 27.7 Å². The van der Waals surface area contributed by atoms with Gasteiger partial charge >= 0.3 is 0 Å². The van der Waals surface area contributed by atoms with Crippen molar-refractivity contribution in [2.24, 2.45) is 0 Å². The van der Waals surface area contributed by atoms with Gasteiger partial charge in [0.2, 0.25) is 0 Å². The highest BCUT2D eigenvalue weighted by atomic mass is 35.5. The molecule has 0 radical (unpaired) electrons. The summed E-state index contributed by atoms with van der Waals surface area (Å²) in [6.07, 6.45) is 0. The van der Waals surface area contributed by atoms with Crippen LogP contribution in [0.2, 0.25) is 0 Å². The minimum atomic E-state index is -1.19. The summed E-state index contributed by atoms with van der Waals surface area (Å²) in [5.74, 6) is 0. The van der Waals surface area contributed by atoms with Crippen molar-refractivity contribution in [3.8, 4) is 0 Å². The van der Waals surface area contributed by atoms with E-state index in [1.54, 1.807) is 0 Å². The van der Waals surface area contributed by atoms with Crippen LogP contribution < -0.4 is 0 Å². The van der Waals surface area contributed by atoms with E-state index in [0.717, 1.165) is 0 Å². The van der Waals surface area contributed by atoms with Crippen molar-refractivity contribution < 1.29 is 10.2 Å². The van der Waals surface area contributed by atoms with Crippen LogP contribution in [0.15, 0.2) is 15.8 Å². The molecule has 0 heterocycles. The fraction of sp³-hybridized carbons (Fsp3) is 0.667. The lowest BCUT2D eigenvalue weighted by Gasteiger charge is -2.16. The molecule has 13 heavy (non-hydrogen) atoms. The van der Waals surface area contributed by atoms with Gasteiger partial charge in [-0.15, -0.1) is 0 Å². The summed E-state index contributed by atoms with van der Waals surface area (Å²) < 4.78 is 0. The Balaban J connectivity index is 5.13. The maximum atomic E-state index is 9.42. The zero-order chi connectivity index (χ0) is 10.9. The monoisotopic (exact) mass is 224 g/mol. The van der Waals surface area contributed by atoms with Crippen molar-refractivity contribution in [1.29, 1.82) is 0 Å². The lowest BCUT2D eigenvalue weighted by molar-refractivity contribution is 0.124. The van der Waals surface area contributed by atoms with Gasteiger partial charge in [-0.3, -0.25) is 0 Å². The Morgan fingerprint density at radius 2 is 1.15 bits per heavy atom. The van der Waals surface area contributed by atoms with Crippen molar-refractivity contribution in [2.45, 2.75) is 38.9 Å². The van der Waals surface area contributed by atoms with Gasteiger partial charge in [0, 0.05) is 0 Å². The molecule has 76 valence electrons. The van der Waals surface area contributed by atoms with Gasteiger partial charge in [-0.25, -0.2) is 0 Å². The maximum Gasteiger partial charge on any atom is 0.102 e. The number of aliphatic hydroxyl groups is 2. The highest BCUT2D eigenvalue weighted by molar-refractivity contribution is 6.33. The third kappa shape index (κ3) is 4.70. The van der Waals surface area contributed by atoms with Gasteiger partial charge in [0.25, 0.3) is 0 Å². The molecule has 0 atom stereocenters. The topological polar surface area (TPSA) is 40.5 Å². The fourth-order valence-electron chi connectivity index (χ4n) is 0.402. The van der Waals surface area contributed by atoms with E-state index in [4.69, 9.17) is 23.2 Å². The van der Waals surface area contributed by atoms with Gasteiger partial charge in [0.1, 0.15) is 11.2 Å². The van der Waals surface area contributed by atoms with Crippen LogP contribution in [0, 0.1) is 0 Å². The van der Waals surface area contributed by atoms with Gasteiger partial charge in [-0.1, -0.05) is 28.9 Å². The van der Waals surface area contributed by atoms with Crippen LogP contribution >= 0.6 is 23.2 Å². The zero-order valence-electron chi connectivity index (χ0n) is 8.15. The Hall–Kier alpha value is 0.0200. The molecule has 0 spiro atoms. The third-order valence-corrected chi connectivity index (χ3v) is 2.41. The molecule has 0 amide bonds. The average Bonchev–Trinajstić information content (AvgIpc) is 1.82. The number of hydrogen-bond acceptors (Lipinski definition) is 2. The minimum Gasteiger partial charge on any atom is -0.384 e. The Labute approximate surface area is 88.5 Å². The van der Waals surface area contributed by atoms with Crippen molar-refractivity contribution in [3.05, 3.63) is 15.8 Å². The summed E-state index contributed by atoms with van der Waals surface area (Å²) in [6.45, 7) is 6.04. The van der Waals surface area contributed by atoms with Crippen LogP contribution in [0.25, 0.3) is 0 Å². The third-order valence-electron chi connectivity index (χ3n) is 1.29. The van der Waals surface area contributed by atoms with Crippen LogP contribution in [-0.2, 0) is 0 Å². The second-order valence-electron chi connectivity index (χ2n) is 3.87. The molecule has 0 saturated heterocycles. The Morgan fingerprint density at radius 1 is 0.923 bits per heavy atom. The molecule has 0 aromatic rings. The quantitative estimate of drug-likeness (QED) is 0.708. The number of halogens is 2. The lowest BCUT2D eigenvalue weighted by atomic mass is 10.1. The first-order valence-corrected chi connectivity index (χ1v) is 4.58. The average molecular weight is 225 g/mol. The Morgan fingerprint density at radius 3 is 1.31 bits per heavy atom. The molecule has 0 aliphatic heterocycles. The van der Waals surface area contributed by atoms with Gasteiger partial charge in [0.15, 0.2) is 0 Å². The molecule has 4 heteroatoms. The van der Waals surface area contributed by atoms with Crippen molar-refractivity contribution in [3.63, 3.8) is 0 Å². The predicted octanol–water partition coefficient (Wildman–Crippen LogP) is 2.37. The van der Waals surface area contributed by atoms with Gasteiger partial charge in [-0.05, 0) is 27.7 Å². The van der Waals surface area contributed by atoms with Gasteiger partial charge < -0.3 is 10.2 Å². The molecule has 0 aliphatic carbocycles. The fourth-order valence-corrected chi connectivity index (χ4v) is 0.640. The van der Waals surface area contributed by atoms with E-state index in [2.05, 4.69) is 5.73 Å². The van der Waals surface area contributed by atoms with Crippen LogP contribution in [0.4, 0.5) is 0 Å². The smallest absolute Gasteiger partial charge is 0.102 e. The molecular formula is C9H14Cl2O2. The highest BCUT2D eigenvalue weighted by Crippen LogP contribution is 2.23. The number of rotatable bonds is 2. The van der Waals surface area contributed by atoms with Gasteiger partial charge in [-0.2, -0.15) is 0 Å². The summed E-state index contributed by atoms with van der Waals surface area (Å²) in [6, 6.07) is 0. The van der Waals surface area contributed by atoms with Crippen LogP contribution in [0.5, 0.6) is 0 Å². The van der Waals surface area contributed by atoms with E-state index in [1.165, 1.54) is 27.7 Å². The SMILES string of the molecule is CC(C)(O)C(Cl)=C=C(Cl)C(C)(C)O. The minimum absolute atomic E-state index is 0.0691. The first-order chi connectivity index (χ1) is 5.55. The van der Waals surface area contributed by atoms with E-state index in [1.807, 2.05) is 0 Å². The summed E-state index contributed by atoms with van der Waals surface area (Å²) in [5, 5.41) is 19.0. The maximum absolute atomic E-state index is 9.42. The van der Waals surface area contributed by atoms with E-state index >= 15 is 0 Å². The lowest BCUT2D eigenvalue weighted by Crippen LogP contribution is -2.20. The van der Waals surface area contributed by atoms with Crippen LogP contribution in [0.3, 0.4) is 0 Å². The van der Waals surface area contributed by atoms with Gasteiger partial charge in [0.05, 0.1) is 10.1 Å². The predicted molar refractivity (Wildman–Crippen MR) is 54.8 cm³/mol. The first-order valence-electron chi connectivity index (χ1n) is 3.83. The summed E-state index contributed by atoms with van der Waals surface area (Å²) in [4.78, 5) is 0. The van der Waals surface area contributed by atoms with Crippen molar-refractivity contribution in [2.75, 3.05) is 0 Å². The molecule has 0 bridgehead atoms. The summed E-state index contributed by atoms with van der Waals surface area (Å²) in [5.41, 5.74) is 0.149.